The molecule has 78 valence electrons. The number of amides is 1. The van der Waals surface area contributed by atoms with Crippen molar-refractivity contribution in [1.82, 2.24) is 5.32 Å². The lowest BCUT2D eigenvalue weighted by Crippen LogP contribution is -2.28. The van der Waals surface area contributed by atoms with Crippen LogP contribution >= 0.6 is 22.9 Å². The second kappa shape index (κ2) is 5.37. The molecule has 0 aliphatic rings. The lowest BCUT2D eigenvalue weighted by Gasteiger charge is -2.08. The van der Waals surface area contributed by atoms with Gasteiger partial charge in [-0.05, 0) is 23.8 Å². The standard InChI is InChI=1S/C10H14ClNOS/c1-7(3-11)4-12-10(13)9-6-14-5-8(9)2/h5-7H,3-4H2,1-2H3,(H,12,13). The summed E-state index contributed by atoms with van der Waals surface area (Å²) in [7, 11) is 0. The minimum absolute atomic E-state index is 0.000664. The van der Waals surface area contributed by atoms with Crippen LogP contribution in [0.15, 0.2) is 10.8 Å². The first kappa shape index (κ1) is 11.5. The van der Waals surface area contributed by atoms with E-state index in [2.05, 4.69) is 5.32 Å². The molecular weight excluding hydrogens is 218 g/mol. The van der Waals surface area contributed by atoms with Crippen LogP contribution in [0.1, 0.15) is 22.8 Å². The quantitative estimate of drug-likeness (QED) is 0.794. The highest BCUT2D eigenvalue weighted by molar-refractivity contribution is 7.08. The topological polar surface area (TPSA) is 29.1 Å². The van der Waals surface area contributed by atoms with E-state index >= 15 is 0 Å². The fraction of sp³-hybridized carbons (Fsp3) is 0.500. The summed E-state index contributed by atoms with van der Waals surface area (Å²) in [6, 6.07) is 0. The molecule has 1 heterocycles. The Bertz CT molecular complexity index is 311. The van der Waals surface area contributed by atoms with E-state index in [1.165, 1.54) is 0 Å². The molecule has 0 aliphatic carbocycles. The molecule has 0 saturated heterocycles. The van der Waals surface area contributed by atoms with Gasteiger partial charge in [-0.25, -0.2) is 0 Å². The third kappa shape index (κ3) is 3.00. The molecule has 1 atom stereocenters. The van der Waals surface area contributed by atoms with E-state index in [0.29, 0.717) is 18.3 Å². The van der Waals surface area contributed by atoms with Crippen LogP contribution in [0, 0.1) is 12.8 Å². The van der Waals surface area contributed by atoms with E-state index in [-0.39, 0.29) is 5.91 Å². The maximum atomic E-state index is 11.6. The summed E-state index contributed by atoms with van der Waals surface area (Å²) < 4.78 is 0. The molecule has 2 nitrogen and oxygen atoms in total. The number of hydrogen-bond donors (Lipinski definition) is 1. The molecule has 1 aromatic rings. The Labute approximate surface area is 93.3 Å². The van der Waals surface area contributed by atoms with Crippen LogP contribution in [-0.2, 0) is 0 Å². The Balaban J connectivity index is 2.47. The number of thiophene rings is 1. The minimum Gasteiger partial charge on any atom is -0.352 e. The number of carbonyl (C=O) groups excluding carboxylic acids is 1. The first-order valence-electron chi connectivity index (χ1n) is 4.52. The van der Waals surface area contributed by atoms with Crippen molar-refractivity contribution in [1.29, 1.82) is 0 Å². The van der Waals surface area contributed by atoms with Gasteiger partial charge in [-0.1, -0.05) is 6.92 Å². The second-order valence-electron chi connectivity index (χ2n) is 3.44. The third-order valence-corrected chi connectivity index (χ3v) is 3.36. The SMILES string of the molecule is Cc1cscc1C(=O)NCC(C)CCl. The van der Waals surface area contributed by atoms with Gasteiger partial charge in [0.15, 0.2) is 0 Å². The molecule has 0 fully saturated rings. The van der Waals surface area contributed by atoms with Crippen molar-refractivity contribution in [2.45, 2.75) is 13.8 Å². The van der Waals surface area contributed by atoms with E-state index in [0.717, 1.165) is 11.1 Å². The number of carbonyl (C=O) groups is 1. The predicted molar refractivity (Wildman–Crippen MR) is 61.3 cm³/mol. The van der Waals surface area contributed by atoms with Gasteiger partial charge in [0, 0.05) is 17.8 Å². The van der Waals surface area contributed by atoms with Crippen LogP contribution in [0.3, 0.4) is 0 Å². The fourth-order valence-corrected chi connectivity index (χ4v) is 1.95. The summed E-state index contributed by atoms with van der Waals surface area (Å²) >= 11 is 7.19. The van der Waals surface area contributed by atoms with E-state index in [9.17, 15) is 4.79 Å². The van der Waals surface area contributed by atoms with Crippen LogP contribution in [0.25, 0.3) is 0 Å². The molecule has 0 aromatic carbocycles. The van der Waals surface area contributed by atoms with Crippen molar-refractivity contribution in [3.63, 3.8) is 0 Å². The van der Waals surface area contributed by atoms with Crippen LogP contribution in [0.4, 0.5) is 0 Å². The van der Waals surface area contributed by atoms with Crippen LogP contribution in [-0.4, -0.2) is 18.3 Å². The van der Waals surface area contributed by atoms with E-state index < -0.39 is 0 Å². The zero-order valence-corrected chi connectivity index (χ0v) is 9.91. The molecule has 1 rings (SSSR count). The number of aryl methyl sites for hydroxylation is 1. The lowest BCUT2D eigenvalue weighted by atomic mass is 10.2. The second-order valence-corrected chi connectivity index (χ2v) is 4.49. The van der Waals surface area contributed by atoms with Crippen molar-refractivity contribution in [2.24, 2.45) is 5.92 Å². The van der Waals surface area contributed by atoms with Crippen molar-refractivity contribution in [3.05, 3.63) is 21.9 Å². The summed E-state index contributed by atoms with van der Waals surface area (Å²) in [5.74, 6) is 0.892. The average Bonchev–Trinajstić information content (AvgIpc) is 2.60. The van der Waals surface area contributed by atoms with Crippen LogP contribution < -0.4 is 5.32 Å². The van der Waals surface area contributed by atoms with Gasteiger partial charge in [0.2, 0.25) is 0 Å². The van der Waals surface area contributed by atoms with Gasteiger partial charge in [0.25, 0.3) is 5.91 Å². The highest BCUT2D eigenvalue weighted by Gasteiger charge is 2.10. The van der Waals surface area contributed by atoms with Crippen molar-refractivity contribution >= 4 is 28.8 Å². The Morgan fingerprint density at radius 1 is 1.64 bits per heavy atom. The molecule has 4 heteroatoms. The molecule has 1 aromatic heterocycles. The van der Waals surface area contributed by atoms with Gasteiger partial charge in [0.05, 0.1) is 5.56 Å². The van der Waals surface area contributed by atoms with E-state index in [1.54, 1.807) is 11.3 Å². The normalized spacial score (nSPS) is 12.5. The highest BCUT2D eigenvalue weighted by atomic mass is 35.5. The van der Waals surface area contributed by atoms with E-state index in [1.807, 2.05) is 24.6 Å². The van der Waals surface area contributed by atoms with Crippen molar-refractivity contribution < 1.29 is 4.79 Å². The van der Waals surface area contributed by atoms with E-state index in [4.69, 9.17) is 11.6 Å². The number of hydrogen-bond acceptors (Lipinski definition) is 2. The first-order valence-corrected chi connectivity index (χ1v) is 5.99. The molecule has 0 aliphatic heterocycles. The Morgan fingerprint density at radius 3 is 2.86 bits per heavy atom. The predicted octanol–water partition coefficient (Wildman–Crippen LogP) is 2.66. The van der Waals surface area contributed by atoms with Gasteiger partial charge in [0.1, 0.15) is 0 Å². The van der Waals surface area contributed by atoms with Gasteiger partial charge >= 0.3 is 0 Å². The van der Waals surface area contributed by atoms with Crippen LogP contribution in [0.5, 0.6) is 0 Å². The van der Waals surface area contributed by atoms with Gasteiger partial charge < -0.3 is 5.32 Å². The number of nitrogens with one attached hydrogen (secondary N) is 1. The Morgan fingerprint density at radius 2 is 2.36 bits per heavy atom. The number of alkyl halides is 1. The minimum atomic E-state index is 0.000664. The molecule has 1 N–H and O–H groups in total. The fourth-order valence-electron chi connectivity index (χ4n) is 1.01. The molecule has 0 saturated carbocycles. The van der Waals surface area contributed by atoms with Gasteiger partial charge in [-0.3, -0.25) is 4.79 Å². The largest absolute Gasteiger partial charge is 0.352 e. The molecule has 1 amide bonds. The molecule has 0 radical (unpaired) electrons. The summed E-state index contributed by atoms with van der Waals surface area (Å²) in [6.07, 6.45) is 0. The monoisotopic (exact) mass is 231 g/mol. The summed E-state index contributed by atoms with van der Waals surface area (Å²) in [5.41, 5.74) is 1.81. The summed E-state index contributed by atoms with van der Waals surface area (Å²) in [5, 5.41) is 6.70. The average molecular weight is 232 g/mol. The Hall–Kier alpha value is -0.540. The van der Waals surface area contributed by atoms with Crippen LogP contribution in [0.2, 0.25) is 0 Å². The molecule has 14 heavy (non-hydrogen) atoms. The van der Waals surface area contributed by atoms with Gasteiger partial charge in [-0.15, -0.1) is 11.6 Å². The molecule has 1 unspecified atom stereocenters. The lowest BCUT2D eigenvalue weighted by molar-refractivity contribution is 0.0949. The summed E-state index contributed by atoms with van der Waals surface area (Å²) in [6.45, 7) is 4.59. The maximum absolute atomic E-state index is 11.6. The number of halogens is 1. The van der Waals surface area contributed by atoms with Crippen molar-refractivity contribution in [3.8, 4) is 0 Å². The third-order valence-electron chi connectivity index (χ3n) is 1.97. The summed E-state index contributed by atoms with van der Waals surface area (Å²) in [4.78, 5) is 11.6. The van der Waals surface area contributed by atoms with Gasteiger partial charge in [-0.2, -0.15) is 11.3 Å². The smallest absolute Gasteiger partial charge is 0.252 e. The maximum Gasteiger partial charge on any atom is 0.252 e. The molecule has 0 bridgehead atoms. The zero-order valence-electron chi connectivity index (χ0n) is 8.34. The first-order chi connectivity index (χ1) is 6.65. The molecule has 0 spiro atoms. The number of rotatable bonds is 4. The Kier molecular flexibility index (Phi) is 4.42. The highest BCUT2D eigenvalue weighted by Crippen LogP contribution is 2.13. The molecular formula is C10H14ClNOS. The zero-order chi connectivity index (χ0) is 10.6. The van der Waals surface area contributed by atoms with Crippen molar-refractivity contribution in [2.75, 3.05) is 12.4 Å².